The molecular formula is C27H22BrF2N3O7S. The summed E-state index contributed by atoms with van der Waals surface area (Å²) in [4.78, 5) is 41.1. The number of rotatable bonds is 4. The van der Waals surface area contributed by atoms with Crippen LogP contribution in [0.2, 0.25) is 0 Å². The molecule has 0 radical (unpaired) electrons. The maximum atomic E-state index is 15.3. The van der Waals surface area contributed by atoms with Crippen LogP contribution < -0.4 is 15.2 Å². The molecule has 10 nitrogen and oxygen atoms in total. The zero-order chi connectivity index (χ0) is 28.8. The summed E-state index contributed by atoms with van der Waals surface area (Å²) in [6, 6.07) is 9.41. The minimum absolute atomic E-state index is 0.0547. The SMILES string of the molecule is COC(=O)OCOc1c2n(cc(Br)c1=O)N(C1c3ccccc3SCc3c1ccc(F)c3F)[C@@H]1COCCN1C2=O. The van der Waals surface area contributed by atoms with E-state index in [0.717, 1.165) is 23.6 Å². The van der Waals surface area contributed by atoms with Gasteiger partial charge in [0, 0.05) is 29.0 Å². The van der Waals surface area contributed by atoms with E-state index in [9.17, 15) is 18.8 Å². The van der Waals surface area contributed by atoms with Crippen LogP contribution in [0.1, 0.15) is 33.2 Å². The van der Waals surface area contributed by atoms with Crippen molar-refractivity contribution in [3.05, 3.63) is 91.3 Å². The van der Waals surface area contributed by atoms with Crippen LogP contribution in [0.3, 0.4) is 0 Å². The maximum absolute atomic E-state index is 15.3. The molecule has 14 heteroatoms. The average molecular weight is 650 g/mol. The van der Waals surface area contributed by atoms with Crippen LogP contribution in [0.15, 0.2) is 56.8 Å². The van der Waals surface area contributed by atoms with Gasteiger partial charge in [0.15, 0.2) is 17.3 Å². The molecular weight excluding hydrogens is 628 g/mol. The Kier molecular flexibility index (Phi) is 7.38. The quantitative estimate of drug-likeness (QED) is 0.305. The van der Waals surface area contributed by atoms with Gasteiger partial charge in [-0.05, 0) is 39.2 Å². The van der Waals surface area contributed by atoms with Gasteiger partial charge in [-0.2, -0.15) is 0 Å². The largest absolute Gasteiger partial charge is 0.510 e. The smallest absolute Gasteiger partial charge is 0.451 e. The molecule has 2 atom stereocenters. The van der Waals surface area contributed by atoms with E-state index in [1.807, 2.05) is 29.3 Å². The Hall–Kier alpha value is -3.62. The Labute approximate surface area is 244 Å². The normalized spacial score (nSPS) is 19.4. The van der Waals surface area contributed by atoms with Crippen LogP contribution in [-0.4, -0.2) is 61.5 Å². The van der Waals surface area contributed by atoms with Crippen molar-refractivity contribution in [3.8, 4) is 5.75 Å². The van der Waals surface area contributed by atoms with Gasteiger partial charge in [0.2, 0.25) is 18.0 Å². The first-order valence-electron chi connectivity index (χ1n) is 12.5. The topological polar surface area (TPSA) is 99.5 Å². The number of carbonyl (C=O) groups is 2. The van der Waals surface area contributed by atoms with Crippen molar-refractivity contribution in [1.82, 2.24) is 9.58 Å². The number of thioether (sulfide) groups is 1. The van der Waals surface area contributed by atoms with Gasteiger partial charge in [0.1, 0.15) is 6.17 Å². The monoisotopic (exact) mass is 649 g/mol. The fourth-order valence-corrected chi connectivity index (χ4v) is 6.82. The molecule has 4 heterocycles. The molecule has 0 N–H and O–H groups in total. The second kappa shape index (κ2) is 11.0. The van der Waals surface area contributed by atoms with Crippen molar-refractivity contribution < 1.29 is 37.3 Å². The molecule has 1 fully saturated rings. The molecule has 3 aliphatic rings. The lowest BCUT2D eigenvalue weighted by atomic mass is 9.93. The molecule has 1 aromatic heterocycles. The molecule has 0 saturated carbocycles. The summed E-state index contributed by atoms with van der Waals surface area (Å²) >= 11 is 4.66. The number of hydrogen-bond donors (Lipinski definition) is 0. The highest BCUT2D eigenvalue weighted by molar-refractivity contribution is 9.10. The molecule has 0 aliphatic carbocycles. The van der Waals surface area contributed by atoms with E-state index < -0.39 is 48.1 Å². The van der Waals surface area contributed by atoms with Crippen molar-refractivity contribution in [2.45, 2.75) is 22.9 Å². The fourth-order valence-electron chi connectivity index (χ4n) is 5.33. The van der Waals surface area contributed by atoms with Gasteiger partial charge in [-0.15, -0.1) is 11.8 Å². The van der Waals surface area contributed by atoms with Crippen LogP contribution in [0.25, 0.3) is 0 Å². The number of methoxy groups -OCH3 is 1. The minimum Gasteiger partial charge on any atom is -0.451 e. The lowest BCUT2D eigenvalue weighted by molar-refractivity contribution is -0.0209. The van der Waals surface area contributed by atoms with Gasteiger partial charge in [-0.3, -0.25) is 19.3 Å². The lowest BCUT2D eigenvalue weighted by Crippen LogP contribution is -2.66. The molecule has 3 aromatic rings. The first kappa shape index (κ1) is 27.5. The fraction of sp³-hybridized carbons (Fsp3) is 0.296. The maximum Gasteiger partial charge on any atom is 0.510 e. The molecule has 41 heavy (non-hydrogen) atoms. The average Bonchev–Trinajstić information content (AvgIpc) is 3.14. The summed E-state index contributed by atoms with van der Waals surface area (Å²) in [7, 11) is 1.12. The predicted molar refractivity (Wildman–Crippen MR) is 145 cm³/mol. The number of amides is 1. The summed E-state index contributed by atoms with van der Waals surface area (Å²) in [5, 5.41) is 1.81. The van der Waals surface area contributed by atoms with Crippen LogP contribution in [0.5, 0.6) is 5.75 Å². The Morgan fingerprint density at radius 3 is 2.78 bits per heavy atom. The zero-order valence-electron chi connectivity index (χ0n) is 21.5. The van der Waals surface area contributed by atoms with Crippen molar-refractivity contribution in [1.29, 1.82) is 0 Å². The van der Waals surface area contributed by atoms with E-state index >= 15 is 4.39 Å². The van der Waals surface area contributed by atoms with E-state index in [0.29, 0.717) is 5.56 Å². The summed E-state index contributed by atoms with van der Waals surface area (Å²) < 4.78 is 51.9. The number of aromatic nitrogens is 1. The Morgan fingerprint density at radius 2 is 1.98 bits per heavy atom. The van der Waals surface area contributed by atoms with Gasteiger partial charge in [0.05, 0.1) is 30.8 Å². The standard InChI is InChI=1S/C27H22BrF2N3O7S/c1-37-27(36)40-13-39-25-23-26(35)31-8-9-38-11-20(31)33(32(23)10-17(28)24(25)34)22-14-6-7-18(29)21(30)16(14)12-41-19-5-3-2-4-15(19)22/h2-7,10,20,22H,8-9,11-13H2,1H3/t20-,22?/m1/s1. The summed E-state index contributed by atoms with van der Waals surface area (Å²) in [5.74, 6) is -2.58. The second-order valence-electron chi connectivity index (χ2n) is 9.28. The molecule has 1 amide bonds. The van der Waals surface area contributed by atoms with Crippen LogP contribution in [0.4, 0.5) is 13.6 Å². The molecule has 2 aromatic carbocycles. The van der Waals surface area contributed by atoms with Gasteiger partial charge in [-0.1, -0.05) is 24.3 Å². The molecule has 1 unspecified atom stereocenters. The molecule has 6 rings (SSSR count). The Bertz CT molecular complexity index is 1620. The highest BCUT2D eigenvalue weighted by Gasteiger charge is 2.46. The predicted octanol–water partition coefficient (Wildman–Crippen LogP) is 4.15. The lowest BCUT2D eigenvalue weighted by Gasteiger charge is -2.51. The van der Waals surface area contributed by atoms with E-state index in [2.05, 4.69) is 20.7 Å². The highest BCUT2D eigenvalue weighted by atomic mass is 79.9. The third kappa shape index (κ3) is 4.63. The van der Waals surface area contributed by atoms with Gasteiger partial charge < -0.3 is 23.8 Å². The highest BCUT2D eigenvalue weighted by Crippen LogP contribution is 2.45. The number of benzene rings is 2. The second-order valence-corrected chi connectivity index (χ2v) is 11.2. The van der Waals surface area contributed by atoms with Crippen molar-refractivity contribution >= 4 is 39.8 Å². The molecule has 0 spiro atoms. The van der Waals surface area contributed by atoms with Gasteiger partial charge in [0.25, 0.3) is 5.91 Å². The van der Waals surface area contributed by atoms with E-state index in [1.54, 1.807) is 11.0 Å². The number of fused-ring (bicyclic) bond motifs is 4. The van der Waals surface area contributed by atoms with Crippen LogP contribution in [-0.2, 0) is 20.0 Å². The van der Waals surface area contributed by atoms with Gasteiger partial charge in [-0.25, -0.2) is 13.6 Å². The third-order valence-electron chi connectivity index (χ3n) is 7.15. The minimum atomic E-state index is -1.03. The summed E-state index contributed by atoms with van der Waals surface area (Å²) in [6.07, 6.45) is -0.275. The number of ether oxygens (including phenoxy) is 4. The molecule has 3 aliphatic heterocycles. The molecule has 214 valence electrons. The van der Waals surface area contributed by atoms with Crippen molar-refractivity contribution in [2.24, 2.45) is 0 Å². The molecule has 1 saturated heterocycles. The van der Waals surface area contributed by atoms with Crippen LogP contribution in [0, 0.1) is 11.6 Å². The van der Waals surface area contributed by atoms with E-state index in [4.69, 9.17) is 14.2 Å². The first-order valence-corrected chi connectivity index (χ1v) is 14.2. The van der Waals surface area contributed by atoms with Crippen molar-refractivity contribution in [2.75, 3.05) is 38.7 Å². The Morgan fingerprint density at radius 1 is 1.17 bits per heavy atom. The Balaban J connectivity index is 1.60. The number of pyridine rings is 1. The summed E-state index contributed by atoms with van der Waals surface area (Å²) in [5.41, 5.74) is 0.720. The van der Waals surface area contributed by atoms with E-state index in [1.165, 1.54) is 22.6 Å². The number of nitrogens with zero attached hydrogens (tertiary/aromatic N) is 3. The first-order chi connectivity index (χ1) is 19.8. The van der Waals surface area contributed by atoms with Crippen LogP contribution >= 0.6 is 27.7 Å². The number of carbonyl (C=O) groups excluding carboxylic acids is 2. The third-order valence-corrected chi connectivity index (χ3v) is 8.83. The van der Waals surface area contributed by atoms with Gasteiger partial charge >= 0.3 is 6.16 Å². The number of halogens is 3. The number of morpholine rings is 1. The zero-order valence-corrected chi connectivity index (χ0v) is 23.9. The summed E-state index contributed by atoms with van der Waals surface area (Å²) in [6.45, 7) is -0.120. The molecule has 0 bridgehead atoms. The van der Waals surface area contributed by atoms with Crippen molar-refractivity contribution in [3.63, 3.8) is 0 Å². The number of hydrogen-bond acceptors (Lipinski definition) is 9. The van der Waals surface area contributed by atoms with E-state index in [-0.39, 0.29) is 47.0 Å².